The molecule has 412 valence electrons. The maximum Gasteiger partial charge on any atom is 0.328 e. The van der Waals surface area contributed by atoms with Gasteiger partial charge in [0.2, 0.25) is 5.70 Å². The Balaban J connectivity index is 1.44. The Bertz CT molecular complexity index is 4180. The molecule has 84 heavy (non-hydrogen) atoms. The molecule has 0 amide bonds. The summed E-state index contributed by atoms with van der Waals surface area (Å²) in [7, 11) is 0. The minimum absolute atomic E-state index is 0.00527. The first-order chi connectivity index (χ1) is 40.8. The fourth-order valence-corrected chi connectivity index (χ4v) is 13.0. The van der Waals surface area contributed by atoms with Crippen LogP contribution in [-0.2, 0) is 5.41 Å². The summed E-state index contributed by atoms with van der Waals surface area (Å²) >= 11 is 0. The molecule has 1 aliphatic carbocycles. The molecule has 0 saturated heterocycles. The number of fused-ring (bicyclic) bond motifs is 3. The highest BCUT2D eigenvalue weighted by Crippen LogP contribution is 2.46. The van der Waals surface area contributed by atoms with Crippen molar-refractivity contribution < 1.29 is 9.47 Å². The molecule has 0 spiro atoms. The highest BCUT2D eigenvalue weighted by Gasteiger charge is 2.47. The zero-order valence-electron chi connectivity index (χ0n) is 49.2. The number of rotatable bonds is 16. The predicted octanol–water partition coefficient (Wildman–Crippen LogP) is 12.5. The first kappa shape index (κ1) is 55.2. The van der Waals surface area contributed by atoms with E-state index < -0.39 is 24.5 Å². The molecule has 12 rings (SSSR count). The molecule has 0 N–H and O–H groups in total. The molecule has 0 fully saturated rings. The van der Waals surface area contributed by atoms with Crippen LogP contribution in [0.2, 0.25) is 0 Å². The summed E-state index contributed by atoms with van der Waals surface area (Å²) in [6.45, 7) is 27.3. The van der Waals surface area contributed by atoms with E-state index in [2.05, 4.69) is 271 Å². The first-order valence-electron chi connectivity index (χ1n) is 29.4. The van der Waals surface area contributed by atoms with Gasteiger partial charge >= 0.3 is 13.7 Å². The smallest absolute Gasteiger partial charge is 0.328 e. The van der Waals surface area contributed by atoms with Crippen molar-refractivity contribution >= 4 is 74.7 Å². The Hall–Kier alpha value is -9.37. The van der Waals surface area contributed by atoms with Crippen molar-refractivity contribution in [3.05, 3.63) is 246 Å². The van der Waals surface area contributed by atoms with E-state index in [-0.39, 0.29) is 23.8 Å². The molecule has 8 nitrogen and oxygen atoms in total. The van der Waals surface area contributed by atoms with Gasteiger partial charge in [-0.2, -0.15) is 5.26 Å². The van der Waals surface area contributed by atoms with E-state index in [0.29, 0.717) is 52.4 Å². The van der Waals surface area contributed by atoms with E-state index in [1.165, 1.54) is 0 Å². The van der Waals surface area contributed by atoms with E-state index in [9.17, 15) is 11.8 Å². The summed E-state index contributed by atoms with van der Waals surface area (Å²) in [5.41, 5.74) is 10.2. The van der Waals surface area contributed by atoms with Crippen molar-refractivity contribution in [1.82, 2.24) is 8.96 Å². The average molecular weight is 1100 g/mol. The molecule has 0 bridgehead atoms. The molecule has 3 aliphatic rings. The normalized spacial score (nSPS) is 17.0. The number of hydrogen-bond donors (Lipinski definition) is 0. The molecule has 10 heteroatoms. The Morgan fingerprint density at radius 3 is 1.49 bits per heavy atom. The van der Waals surface area contributed by atoms with E-state index in [1.54, 1.807) is 0 Å². The number of aromatic nitrogens is 2. The molecule has 2 aromatic heterocycles. The number of nitriles is 1. The molecule has 4 heterocycles. The van der Waals surface area contributed by atoms with Crippen molar-refractivity contribution in [1.29, 1.82) is 5.26 Å². The van der Waals surface area contributed by atoms with Crippen LogP contribution in [-0.4, -0.2) is 53.3 Å². The second-order valence-electron chi connectivity index (χ2n) is 24.3. The van der Waals surface area contributed by atoms with Crippen LogP contribution in [0.25, 0.3) is 49.4 Å². The third kappa shape index (κ3) is 9.84. The Kier molecular flexibility index (Phi) is 15.0. The Labute approximate surface area is 495 Å². The third-order valence-electron chi connectivity index (χ3n) is 16.9. The molecule has 2 unspecified atom stereocenters. The lowest BCUT2D eigenvalue weighted by molar-refractivity contribution is 0.271. The van der Waals surface area contributed by atoms with Gasteiger partial charge in [0.05, 0.1) is 53.9 Å². The third-order valence-corrected chi connectivity index (χ3v) is 16.9. The highest BCUT2D eigenvalue weighted by molar-refractivity contribution is 6.85. The minimum atomic E-state index is -0.714. The molecular weight excluding hydrogens is 1030 g/mol. The Morgan fingerprint density at radius 1 is 0.583 bits per heavy atom. The number of ether oxygens (including phenoxy) is 2. The van der Waals surface area contributed by atoms with E-state index in [4.69, 9.17) is 24.3 Å². The van der Waals surface area contributed by atoms with Crippen LogP contribution in [0.15, 0.2) is 228 Å². The lowest BCUT2D eigenvalue weighted by Gasteiger charge is -2.30. The molecule has 0 saturated carbocycles. The zero-order chi connectivity index (χ0) is 58.3. The predicted molar refractivity (Wildman–Crippen MR) is 350 cm³/mol. The van der Waals surface area contributed by atoms with E-state index in [1.807, 2.05) is 18.2 Å². The molecule has 2 aliphatic heterocycles. The summed E-state index contributed by atoms with van der Waals surface area (Å²) in [5.74, 6) is 1.94. The summed E-state index contributed by atoms with van der Waals surface area (Å²) < 4.78 is 18.3. The van der Waals surface area contributed by atoms with Gasteiger partial charge in [0.25, 0.3) is 0 Å². The van der Waals surface area contributed by atoms with Crippen LogP contribution in [0.1, 0.15) is 61.0 Å². The summed E-state index contributed by atoms with van der Waals surface area (Å²) in [4.78, 5) is 16.0. The number of aliphatic imine (C=N–C) groups is 2. The van der Waals surface area contributed by atoms with Crippen LogP contribution in [0.5, 0.6) is 11.5 Å². The van der Waals surface area contributed by atoms with Gasteiger partial charge in [-0.3, -0.25) is 9.98 Å². The zero-order valence-corrected chi connectivity index (χ0v) is 49.2. The van der Waals surface area contributed by atoms with Crippen LogP contribution in [0, 0.1) is 41.1 Å². The van der Waals surface area contributed by atoms with Crippen LogP contribution < -0.4 is 42.0 Å². The average Bonchev–Trinajstić information content (AvgIpc) is 1.54. The minimum Gasteiger partial charge on any atom is -0.493 e. The summed E-state index contributed by atoms with van der Waals surface area (Å²) in [5, 5.41) is 15.6. The van der Waals surface area contributed by atoms with Gasteiger partial charge in [0.15, 0.2) is 0 Å². The molecular formula is C74H68B2N6O2. The fraction of sp³-hybridized carbons (Fsp3) is 0.216. The second kappa shape index (κ2) is 22.8. The van der Waals surface area contributed by atoms with Crippen molar-refractivity contribution in [2.75, 3.05) is 13.2 Å². The van der Waals surface area contributed by atoms with Gasteiger partial charge in [-0.1, -0.05) is 265 Å². The molecule has 2 atom stereocenters. The van der Waals surface area contributed by atoms with Gasteiger partial charge in [-0.05, 0) is 47.7 Å². The quantitative estimate of drug-likeness (QED) is 0.0714. The van der Waals surface area contributed by atoms with Gasteiger partial charge in [0.1, 0.15) is 17.6 Å². The van der Waals surface area contributed by atoms with Gasteiger partial charge in [-0.15, -0.1) is 0 Å². The van der Waals surface area contributed by atoms with Crippen molar-refractivity contribution in [3.63, 3.8) is 0 Å². The summed E-state index contributed by atoms with van der Waals surface area (Å²) in [6, 6.07) is 70.3. The van der Waals surface area contributed by atoms with Crippen molar-refractivity contribution in [2.45, 2.75) is 66.8 Å². The van der Waals surface area contributed by atoms with Crippen LogP contribution >= 0.6 is 0 Å². The standard InChI is InChI=1S/C74H68B2N6O2/c1-49(2)47-83-57-38-26-28-51(44-57)67-64-65(70(66(78-9)72-74(7,8)61-41-23-25-43-63(61)80-72)82(67)76(55-34-18-12-19-35-55)56-36-20-13-21-37-56)68(52-29-27-39-58(45-52)84-48-50(3)4)81(75(53-30-14-10-15-31-53)54-32-16-11-17-33-54)69(64)59(46-77)71-73(5,6)60-40-22-24-42-62(60)79-71/h10-45,49-50,60,62H,47-48H2,1-8H3/b69-59-,70-66+. The largest absolute Gasteiger partial charge is 0.493 e. The fourth-order valence-electron chi connectivity index (χ4n) is 13.0. The monoisotopic (exact) mass is 1090 g/mol. The van der Waals surface area contributed by atoms with E-state index in [0.717, 1.165) is 72.1 Å². The van der Waals surface area contributed by atoms with Crippen molar-refractivity contribution in [3.8, 4) is 40.1 Å². The van der Waals surface area contributed by atoms with Gasteiger partial charge in [-0.25, -0.2) is 4.85 Å². The van der Waals surface area contributed by atoms with E-state index >= 15 is 0 Å². The van der Waals surface area contributed by atoms with Gasteiger partial charge < -0.3 is 18.4 Å². The number of para-hydroxylation sites is 1. The maximum absolute atomic E-state index is 12.7. The second-order valence-corrected chi connectivity index (χ2v) is 24.3. The lowest BCUT2D eigenvalue weighted by Crippen LogP contribution is -2.54. The topological polar surface area (TPSA) is 81.2 Å². The molecule has 9 aromatic rings. The first-order valence-corrected chi connectivity index (χ1v) is 29.4. The molecule has 7 aromatic carbocycles. The number of hydrogen-bond acceptors (Lipinski definition) is 5. The molecule has 0 radical (unpaired) electrons. The van der Waals surface area contributed by atoms with Crippen LogP contribution in [0.4, 0.5) is 5.69 Å². The number of nitrogens with zero attached hydrogens (tertiary/aromatic N) is 6. The lowest BCUT2D eigenvalue weighted by atomic mass is 9.50. The van der Waals surface area contributed by atoms with Crippen molar-refractivity contribution in [2.24, 2.45) is 33.2 Å². The maximum atomic E-state index is 12.7. The number of benzene rings is 7. The van der Waals surface area contributed by atoms with Gasteiger partial charge in [0, 0.05) is 55.4 Å². The number of allylic oxidation sites excluding steroid dienone is 2. The Morgan fingerprint density at radius 2 is 1.04 bits per heavy atom. The van der Waals surface area contributed by atoms with Crippen LogP contribution in [0.3, 0.4) is 0 Å². The summed E-state index contributed by atoms with van der Waals surface area (Å²) in [6.07, 6.45) is 8.60. The SMILES string of the molecule is [C-]#[N+]/C(C1=Nc2ccccc2C1(C)C)=c1\c2c(-c3cccc(OCC(C)C)c3)n(B(c3ccccc3)c3ccccc3)/c(=C(/C#N)C3=NC4C=CC=CC4C3(C)C)c2c(-c2cccc(OCC(C)C)c2)n1B(c1ccccc1)c1ccccc1. The highest BCUT2D eigenvalue weighted by atomic mass is 16.5.